The molecule has 1 aromatic rings. The summed E-state index contributed by atoms with van der Waals surface area (Å²) in [6.45, 7) is 0. The van der Waals surface area contributed by atoms with Gasteiger partial charge in [-0.2, -0.15) is 5.26 Å². The van der Waals surface area contributed by atoms with E-state index in [9.17, 15) is 4.39 Å². The number of hydrogen-bond donors (Lipinski definition) is 2. The average Bonchev–Trinajstić information content (AvgIpc) is 2.64. The highest BCUT2D eigenvalue weighted by Gasteiger charge is 2.18. The molecule has 1 aliphatic rings. The number of hydrazine groups is 2. The lowest BCUT2D eigenvalue weighted by molar-refractivity contribution is 0.349. The van der Waals surface area contributed by atoms with E-state index >= 15 is 0 Å². The van der Waals surface area contributed by atoms with Crippen LogP contribution in [0, 0.1) is 17.1 Å². The molecule has 76 valence electrons. The summed E-state index contributed by atoms with van der Waals surface area (Å²) < 4.78 is 13.0. The van der Waals surface area contributed by atoms with E-state index in [4.69, 9.17) is 5.26 Å². The van der Waals surface area contributed by atoms with Crippen LogP contribution in [0.3, 0.4) is 0 Å². The number of benzene rings is 1. The van der Waals surface area contributed by atoms with Gasteiger partial charge in [-0.05, 0) is 18.2 Å². The minimum Gasteiger partial charge on any atom is -0.274 e. The third-order valence-corrected chi connectivity index (χ3v) is 2.04. The maximum absolute atomic E-state index is 13.0. The molecule has 0 radical (unpaired) electrons. The quantitative estimate of drug-likeness (QED) is 0.692. The molecule has 2 N–H and O–H groups in total. The Bertz CT molecular complexity index is 462. The lowest BCUT2D eigenvalue weighted by atomic mass is 10.1. The lowest BCUT2D eigenvalue weighted by Crippen LogP contribution is -2.37. The zero-order valence-electron chi connectivity index (χ0n) is 7.95. The molecule has 0 fully saturated rings. The van der Waals surface area contributed by atoms with Crippen molar-refractivity contribution in [3.63, 3.8) is 0 Å². The Kier molecular flexibility index (Phi) is 2.23. The minimum atomic E-state index is -0.396. The van der Waals surface area contributed by atoms with Gasteiger partial charge in [0.15, 0.2) is 5.84 Å². The van der Waals surface area contributed by atoms with Gasteiger partial charge in [-0.25, -0.2) is 9.93 Å². The first-order valence-electron chi connectivity index (χ1n) is 4.24. The van der Waals surface area contributed by atoms with E-state index < -0.39 is 5.82 Å². The molecule has 0 saturated heterocycles. The molecule has 2 rings (SSSR count). The molecule has 1 aromatic carbocycles. The number of hydrazone groups is 1. The smallest absolute Gasteiger partial charge is 0.174 e. The SMILES string of the molecule is CN1NNN=C1c1cc(F)ccc1C#N. The van der Waals surface area contributed by atoms with Crippen LogP contribution in [-0.2, 0) is 0 Å². The van der Waals surface area contributed by atoms with E-state index in [1.54, 1.807) is 12.1 Å². The third-order valence-electron chi connectivity index (χ3n) is 2.04. The summed E-state index contributed by atoms with van der Waals surface area (Å²) in [5, 5.41) is 14.3. The van der Waals surface area contributed by atoms with Gasteiger partial charge in [-0.1, -0.05) is 0 Å². The van der Waals surface area contributed by atoms with Crippen molar-refractivity contribution < 1.29 is 4.39 Å². The zero-order chi connectivity index (χ0) is 10.8. The van der Waals surface area contributed by atoms with Crippen LogP contribution in [0.4, 0.5) is 4.39 Å². The summed E-state index contributed by atoms with van der Waals surface area (Å²) in [6.07, 6.45) is 0. The fraction of sp³-hybridized carbons (Fsp3) is 0.111. The van der Waals surface area contributed by atoms with Gasteiger partial charge in [0.25, 0.3) is 0 Å². The fourth-order valence-electron chi connectivity index (χ4n) is 1.32. The van der Waals surface area contributed by atoms with E-state index in [1.165, 1.54) is 18.2 Å². The number of amidine groups is 1. The summed E-state index contributed by atoms with van der Waals surface area (Å²) >= 11 is 0. The van der Waals surface area contributed by atoms with Crippen molar-refractivity contribution in [2.75, 3.05) is 7.05 Å². The summed E-state index contributed by atoms with van der Waals surface area (Å²) in [4.78, 5) is 0. The lowest BCUT2D eigenvalue weighted by Gasteiger charge is -2.12. The number of nitrogens with zero attached hydrogens (tertiary/aromatic N) is 3. The Labute approximate surface area is 85.7 Å². The molecule has 0 aromatic heterocycles. The van der Waals surface area contributed by atoms with E-state index in [0.717, 1.165) is 0 Å². The van der Waals surface area contributed by atoms with Gasteiger partial charge in [0.05, 0.1) is 11.6 Å². The zero-order valence-corrected chi connectivity index (χ0v) is 7.95. The summed E-state index contributed by atoms with van der Waals surface area (Å²) in [7, 11) is 1.71. The predicted octanol–water partition coefficient (Wildman–Crippen LogP) is 0.314. The Hall–Kier alpha value is -2.13. The highest BCUT2D eigenvalue weighted by Crippen LogP contribution is 2.13. The fourth-order valence-corrected chi connectivity index (χ4v) is 1.32. The van der Waals surface area contributed by atoms with Crippen LogP contribution >= 0.6 is 0 Å². The molecule has 15 heavy (non-hydrogen) atoms. The normalized spacial score (nSPS) is 14.5. The monoisotopic (exact) mass is 205 g/mol. The van der Waals surface area contributed by atoms with Crippen LogP contribution in [0.5, 0.6) is 0 Å². The largest absolute Gasteiger partial charge is 0.274 e. The van der Waals surface area contributed by atoms with Crippen LogP contribution in [0.2, 0.25) is 0 Å². The van der Waals surface area contributed by atoms with Gasteiger partial charge in [-0.15, -0.1) is 10.6 Å². The Morgan fingerprint density at radius 3 is 2.93 bits per heavy atom. The summed E-state index contributed by atoms with van der Waals surface area (Å²) in [5.41, 5.74) is 6.05. The third kappa shape index (κ3) is 1.60. The van der Waals surface area contributed by atoms with Crippen molar-refractivity contribution in [3.8, 4) is 6.07 Å². The number of halogens is 1. The number of nitrogens with one attached hydrogen (secondary N) is 2. The molecule has 1 heterocycles. The highest BCUT2D eigenvalue weighted by atomic mass is 19.1. The number of hydrogen-bond acceptors (Lipinski definition) is 5. The molecule has 0 amide bonds. The van der Waals surface area contributed by atoms with Crippen molar-refractivity contribution in [2.24, 2.45) is 5.10 Å². The molecular formula is C9H8FN5. The second-order valence-corrected chi connectivity index (χ2v) is 3.02. The Morgan fingerprint density at radius 1 is 1.53 bits per heavy atom. The number of rotatable bonds is 1. The number of nitriles is 1. The first-order valence-corrected chi connectivity index (χ1v) is 4.24. The van der Waals surface area contributed by atoms with E-state index in [-0.39, 0.29) is 0 Å². The molecule has 1 aliphatic heterocycles. The predicted molar refractivity (Wildman–Crippen MR) is 51.7 cm³/mol. The molecule has 0 spiro atoms. The summed E-state index contributed by atoms with van der Waals surface area (Å²) in [6, 6.07) is 5.95. The van der Waals surface area contributed by atoms with Crippen molar-refractivity contribution in [1.29, 1.82) is 5.26 Å². The Morgan fingerprint density at radius 2 is 2.33 bits per heavy atom. The molecular weight excluding hydrogens is 197 g/mol. The van der Waals surface area contributed by atoms with E-state index in [2.05, 4.69) is 16.2 Å². The van der Waals surface area contributed by atoms with Crippen molar-refractivity contribution >= 4 is 5.84 Å². The molecule has 0 saturated carbocycles. The molecule has 6 heteroatoms. The molecule has 0 aliphatic carbocycles. The first kappa shape index (κ1) is 9.43. The standard InChI is InChI=1S/C9H8FN5/c1-15-9(12-13-14-15)8-4-7(10)3-2-6(8)5-11/h2-4,13-14H,1H3. The van der Waals surface area contributed by atoms with Crippen LogP contribution < -0.4 is 11.1 Å². The van der Waals surface area contributed by atoms with Crippen LogP contribution in [0.25, 0.3) is 0 Å². The second kappa shape index (κ2) is 3.55. The summed E-state index contributed by atoms with van der Waals surface area (Å²) in [5.74, 6) is 0.0815. The van der Waals surface area contributed by atoms with Crippen molar-refractivity contribution in [3.05, 3.63) is 35.1 Å². The van der Waals surface area contributed by atoms with Gasteiger partial charge < -0.3 is 0 Å². The van der Waals surface area contributed by atoms with E-state index in [0.29, 0.717) is 17.0 Å². The average molecular weight is 205 g/mol. The highest BCUT2D eigenvalue weighted by molar-refractivity contribution is 6.00. The van der Waals surface area contributed by atoms with Crippen molar-refractivity contribution in [2.45, 2.75) is 0 Å². The van der Waals surface area contributed by atoms with Gasteiger partial charge >= 0.3 is 0 Å². The molecule has 5 nitrogen and oxygen atoms in total. The molecule has 0 atom stereocenters. The Balaban J connectivity index is 2.52. The topological polar surface area (TPSA) is 63.4 Å². The van der Waals surface area contributed by atoms with Crippen LogP contribution in [-0.4, -0.2) is 17.9 Å². The first-order chi connectivity index (χ1) is 7.22. The van der Waals surface area contributed by atoms with Gasteiger partial charge in [0, 0.05) is 12.6 Å². The van der Waals surface area contributed by atoms with Crippen LogP contribution in [0.1, 0.15) is 11.1 Å². The van der Waals surface area contributed by atoms with Crippen molar-refractivity contribution in [1.82, 2.24) is 16.1 Å². The molecule has 0 unspecified atom stereocenters. The van der Waals surface area contributed by atoms with Gasteiger partial charge in [0.1, 0.15) is 5.82 Å². The van der Waals surface area contributed by atoms with Gasteiger partial charge in [0.2, 0.25) is 0 Å². The maximum Gasteiger partial charge on any atom is 0.174 e. The van der Waals surface area contributed by atoms with E-state index in [1.807, 2.05) is 6.07 Å². The maximum atomic E-state index is 13.0. The van der Waals surface area contributed by atoms with Gasteiger partial charge in [-0.3, -0.25) is 5.01 Å². The van der Waals surface area contributed by atoms with Crippen LogP contribution in [0.15, 0.2) is 23.3 Å². The minimum absolute atomic E-state index is 0.382. The second-order valence-electron chi connectivity index (χ2n) is 3.02. The molecule has 0 bridgehead atoms.